The fraction of sp³-hybridized carbons (Fsp3) is 1.00. The van der Waals surface area contributed by atoms with Gasteiger partial charge in [-0.25, -0.2) is 0 Å². The minimum Gasteiger partial charge on any atom is -0.392 e. The molecule has 1 spiro atoms. The molecule has 0 aromatic heterocycles. The van der Waals surface area contributed by atoms with Crippen LogP contribution in [0.1, 0.15) is 46.0 Å². The van der Waals surface area contributed by atoms with Gasteiger partial charge in [-0.2, -0.15) is 0 Å². The number of likely N-dealkylation sites (tertiary alicyclic amines) is 1. The number of ether oxygens (including phenoxy) is 1. The summed E-state index contributed by atoms with van der Waals surface area (Å²) in [5.41, 5.74) is -0.788. The topological polar surface area (TPSA) is 73.2 Å². The van der Waals surface area contributed by atoms with E-state index in [4.69, 9.17) is 4.74 Å². The highest BCUT2D eigenvalue weighted by Crippen LogP contribution is 2.78. The molecule has 1 heterocycles. The summed E-state index contributed by atoms with van der Waals surface area (Å²) in [5.74, 6) is 0.840. The summed E-state index contributed by atoms with van der Waals surface area (Å²) in [4.78, 5) is 2.60. The maximum absolute atomic E-state index is 12.1. The second kappa shape index (κ2) is 5.10. The number of hydrogen-bond acceptors (Lipinski definition) is 5. The van der Waals surface area contributed by atoms with Crippen molar-refractivity contribution in [3.8, 4) is 0 Å². The van der Waals surface area contributed by atoms with Gasteiger partial charge in [0.1, 0.15) is 0 Å². The van der Waals surface area contributed by atoms with Gasteiger partial charge in [-0.15, -0.1) is 0 Å². The van der Waals surface area contributed by atoms with Crippen molar-refractivity contribution in [1.82, 2.24) is 4.90 Å². The van der Waals surface area contributed by atoms with Crippen LogP contribution >= 0.6 is 0 Å². The average molecular weight is 378 g/mol. The Kier molecular flexibility index (Phi) is 3.33. The molecule has 27 heavy (non-hydrogen) atoms. The number of methoxy groups -OCH3 is 1. The Balaban J connectivity index is 1.59. The lowest BCUT2D eigenvalue weighted by Crippen LogP contribution is -2.75. The first kappa shape index (κ1) is 17.6. The van der Waals surface area contributed by atoms with Crippen LogP contribution in [0.15, 0.2) is 0 Å². The fourth-order valence-electron chi connectivity index (χ4n) is 10.1. The molecule has 5 saturated carbocycles. The van der Waals surface area contributed by atoms with Crippen molar-refractivity contribution >= 4 is 0 Å². The van der Waals surface area contributed by atoms with Crippen molar-refractivity contribution < 1.29 is 20.1 Å². The van der Waals surface area contributed by atoms with E-state index in [1.54, 1.807) is 7.11 Å². The largest absolute Gasteiger partial charge is 0.392 e. The zero-order valence-corrected chi connectivity index (χ0v) is 16.8. The Hall–Kier alpha value is -0.200. The summed E-state index contributed by atoms with van der Waals surface area (Å²) >= 11 is 0. The predicted molar refractivity (Wildman–Crippen MR) is 99.9 cm³/mol. The van der Waals surface area contributed by atoms with Crippen LogP contribution in [0.5, 0.6) is 0 Å². The van der Waals surface area contributed by atoms with E-state index in [0.717, 1.165) is 38.8 Å². The molecule has 1 saturated heterocycles. The van der Waals surface area contributed by atoms with Crippen molar-refractivity contribution in [1.29, 1.82) is 0 Å². The van der Waals surface area contributed by atoms with E-state index in [1.807, 2.05) is 0 Å². The van der Waals surface area contributed by atoms with Crippen molar-refractivity contribution in [3.05, 3.63) is 0 Å². The summed E-state index contributed by atoms with van der Waals surface area (Å²) < 4.78 is 5.79. The zero-order chi connectivity index (χ0) is 18.9. The van der Waals surface area contributed by atoms with Gasteiger partial charge in [0.15, 0.2) is 0 Å². The lowest BCUT2D eigenvalue weighted by atomic mass is 9.43. The summed E-state index contributed by atoms with van der Waals surface area (Å²) in [6.45, 7) is 6.74. The lowest BCUT2D eigenvalue weighted by molar-refractivity contribution is -0.266. The average Bonchev–Trinajstić information content (AvgIpc) is 3.07. The summed E-state index contributed by atoms with van der Waals surface area (Å²) in [5, 5.41) is 34.9. The Morgan fingerprint density at radius 1 is 1.19 bits per heavy atom. The molecule has 0 aromatic carbocycles. The van der Waals surface area contributed by atoms with Gasteiger partial charge >= 0.3 is 0 Å². The van der Waals surface area contributed by atoms with E-state index in [0.29, 0.717) is 12.3 Å². The summed E-state index contributed by atoms with van der Waals surface area (Å²) in [6, 6.07) is 0.253. The molecule has 0 amide bonds. The van der Waals surface area contributed by atoms with Gasteiger partial charge in [-0.1, -0.05) is 13.8 Å². The fourth-order valence-corrected chi connectivity index (χ4v) is 10.1. The molecular formula is C22H35NO4. The monoisotopic (exact) mass is 377 g/mol. The minimum absolute atomic E-state index is 0.0657. The van der Waals surface area contributed by atoms with E-state index in [1.165, 1.54) is 0 Å². The third-order valence-electron chi connectivity index (χ3n) is 10.7. The standard InChI is InChI=1S/C22H35NO4/c1-4-23-10-20(2)6-5-16(24)22-12-7-11-14(27-3)9-21(26,17(12)18(11)25)13(19(22)23)8-15(20)22/h11-19,24-26H,4-10H2,1-3H3/t11?,12-,13?,14+,15-,16+,17-,18+,19?,20+,21+,22?/m1/s1. The molecule has 6 fully saturated rings. The quantitative estimate of drug-likeness (QED) is 0.676. The Morgan fingerprint density at radius 3 is 2.67 bits per heavy atom. The van der Waals surface area contributed by atoms with Crippen LogP contribution in [-0.4, -0.2) is 70.4 Å². The molecule has 6 aliphatic rings. The van der Waals surface area contributed by atoms with Gasteiger partial charge in [0.2, 0.25) is 0 Å². The number of aliphatic hydroxyl groups is 3. The highest BCUT2D eigenvalue weighted by Gasteiger charge is 2.82. The van der Waals surface area contributed by atoms with E-state index in [2.05, 4.69) is 18.7 Å². The molecule has 3 N–H and O–H groups in total. The van der Waals surface area contributed by atoms with Gasteiger partial charge in [0.05, 0.1) is 23.9 Å². The first-order chi connectivity index (χ1) is 12.8. The highest BCUT2D eigenvalue weighted by molar-refractivity contribution is 5.32. The zero-order valence-electron chi connectivity index (χ0n) is 16.8. The number of rotatable bonds is 2. The molecule has 6 rings (SSSR count). The SMILES string of the molecule is CCN1C[C@]2(C)CC[C@H](O)C34C1C(C[C@@H]32)[C@@]1(O)C[C@H](OC)C2C[C@@H]4[C@@H]1[C@H]2O. The van der Waals surface area contributed by atoms with Crippen LogP contribution in [0.3, 0.4) is 0 Å². The normalized spacial score (nSPS) is 66.2. The van der Waals surface area contributed by atoms with Gasteiger partial charge in [0.25, 0.3) is 0 Å². The smallest absolute Gasteiger partial charge is 0.0771 e. The Labute approximate surface area is 162 Å². The molecule has 152 valence electrons. The lowest BCUT2D eigenvalue weighted by Gasteiger charge is -2.68. The predicted octanol–water partition coefficient (Wildman–Crippen LogP) is 1.25. The van der Waals surface area contributed by atoms with Crippen molar-refractivity contribution in [2.75, 3.05) is 20.2 Å². The van der Waals surface area contributed by atoms with E-state index < -0.39 is 11.7 Å². The van der Waals surface area contributed by atoms with Crippen LogP contribution in [0.2, 0.25) is 0 Å². The van der Waals surface area contributed by atoms with Crippen molar-refractivity contribution in [2.45, 2.75) is 75.9 Å². The first-order valence-corrected chi connectivity index (χ1v) is 11.2. The van der Waals surface area contributed by atoms with Gasteiger partial charge in [-0.3, -0.25) is 4.90 Å². The molecule has 0 radical (unpaired) electrons. The summed E-state index contributed by atoms with van der Waals surface area (Å²) in [6.07, 6.45) is 3.66. The highest BCUT2D eigenvalue weighted by atomic mass is 16.5. The number of hydrogen-bond donors (Lipinski definition) is 3. The molecule has 4 unspecified atom stereocenters. The third kappa shape index (κ3) is 1.66. The Morgan fingerprint density at radius 2 is 1.96 bits per heavy atom. The number of aliphatic hydroxyl groups excluding tert-OH is 2. The molecule has 5 heteroatoms. The summed E-state index contributed by atoms with van der Waals surface area (Å²) in [7, 11) is 1.73. The van der Waals surface area contributed by atoms with Gasteiger partial charge < -0.3 is 20.1 Å². The van der Waals surface area contributed by atoms with Crippen LogP contribution < -0.4 is 0 Å². The molecule has 0 aromatic rings. The van der Waals surface area contributed by atoms with Crippen LogP contribution in [0, 0.1) is 40.4 Å². The molecule has 1 aliphatic heterocycles. The molecule has 12 atom stereocenters. The first-order valence-electron chi connectivity index (χ1n) is 11.2. The third-order valence-corrected chi connectivity index (χ3v) is 10.7. The second-order valence-corrected chi connectivity index (χ2v) is 11.1. The molecule has 5 nitrogen and oxygen atoms in total. The van der Waals surface area contributed by atoms with Gasteiger partial charge in [-0.05, 0) is 49.5 Å². The van der Waals surface area contributed by atoms with Gasteiger partial charge in [0, 0.05) is 49.3 Å². The van der Waals surface area contributed by atoms with E-state index in [9.17, 15) is 15.3 Å². The van der Waals surface area contributed by atoms with Crippen molar-refractivity contribution in [3.63, 3.8) is 0 Å². The van der Waals surface area contributed by atoms with E-state index in [-0.39, 0.29) is 52.8 Å². The maximum Gasteiger partial charge on any atom is 0.0771 e. The minimum atomic E-state index is -0.858. The molecular weight excluding hydrogens is 342 g/mol. The number of piperidine rings is 1. The van der Waals surface area contributed by atoms with Crippen LogP contribution in [-0.2, 0) is 4.74 Å². The molecule has 5 aliphatic carbocycles. The number of nitrogens with zero attached hydrogens (tertiary/aromatic N) is 1. The van der Waals surface area contributed by atoms with Crippen LogP contribution in [0.25, 0.3) is 0 Å². The second-order valence-electron chi connectivity index (χ2n) is 11.1. The number of fused-ring (bicyclic) bond motifs is 2. The van der Waals surface area contributed by atoms with Crippen LogP contribution in [0.4, 0.5) is 0 Å². The Bertz CT molecular complexity index is 673. The van der Waals surface area contributed by atoms with Crippen molar-refractivity contribution in [2.24, 2.45) is 40.4 Å². The van der Waals surface area contributed by atoms with E-state index >= 15 is 0 Å². The maximum atomic E-state index is 12.1. The molecule has 7 bridgehead atoms.